The normalized spacial score (nSPS) is 10.5. The molecule has 3 rings (SSSR count). The van der Waals surface area contributed by atoms with Crippen molar-refractivity contribution in [1.82, 2.24) is 9.97 Å². The lowest BCUT2D eigenvalue weighted by atomic mass is 10.1. The number of nitrogens with zero attached hydrogens (tertiary/aromatic N) is 4. The monoisotopic (exact) mass is 406 g/mol. The Morgan fingerprint density at radius 1 is 1.07 bits per heavy atom. The van der Waals surface area contributed by atoms with Gasteiger partial charge in [0.05, 0.1) is 4.92 Å². The summed E-state index contributed by atoms with van der Waals surface area (Å²) in [6, 6.07) is 15.4. The second kappa shape index (κ2) is 9.13. The van der Waals surface area contributed by atoms with Gasteiger partial charge in [-0.05, 0) is 45.0 Å². The molecule has 0 atom stereocenters. The number of carbonyl (C=O) groups is 1. The number of nitro groups is 1. The number of ether oxygens (including phenoxy) is 1. The first-order chi connectivity index (χ1) is 14.4. The summed E-state index contributed by atoms with van der Waals surface area (Å²) in [6.07, 6.45) is 0. The number of nitro benzene ring substituents is 1. The molecular weight excluding hydrogens is 384 g/mol. The molecule has 0 saturated carbocycles. The van der Waals surface area contributed by atoms with Gasteiger partial charge in [0.1, 0.15) is 0 Å². The smallest absolute Gasteiger partial charge is 0.269 e. The average Bonchev–Trinajstić information content (AvgIpc) is 2.76. The number of aromatic nitrogens is 2. The topological polar surface area (TPSA) is 98.5 Å². The molecular formula is C22H22N4O4. The Morgan fingerprint density at radius 2 is 1.73 bits per heavy atom. The molecule has 1 amide bonds. The van der Waals surface area contributed by atoms with Crippen LogP contribution in [0.25, 0.3) is 11.4 Å². The summed E-state index contributed by atoms with van der Waals surface area (Å²) in [5, 5.41) is 10.9. The van der Waals surface area contributed by atoms with Crippen LogP contribution in [0.5, 0.6) is 5.88 Å². The Labute approximate surface area is 174 Å². The van der Waals surface area contributed by atoms with E-state index in [1.54, 1.807) is 17.0 Å². The first-order valence-electron chi connectivity index (χ1n) is 9.49. The molecule has 0 bridgehead atoms. The predicted molar refractivity (Wildman–Crippen MR) is 114 cm³/mol. The molecule has 1 aromatic heterocycles. The van der Waals surface area contributed by atoms with E-state index in [-0.39, 0.29) is 18.2 Å². The first-order valence-corrected chi connectivity index (χ1v) is 9.49. The highest BCUT2D eigenvalue weighted by molar-refractivity contribution is 5.94. The van der Waals surface area contributed by atoms with E-state index in [0.29, 0.717) is 29.5 Å². The maximum absolute atomic E-state index is 12.7. The number of rotatable bonds is 7. The van der Waals surface area contributed by atoms with Crippen LogP contribution >= 0.6 is 0 Å². The summed E-state index contributed by atoms with van der Waals surface area (Å²) in [4.78, 5) is 33.6. The Balaban J connectivity index is 1.80. The Kier molecular flexibility index (Phi) is 6.36. The molecule has 0 spiro atoms. The number of anilines is 1. The quantitative estimate of drug-likeness (QED) is 0.433. The summed E-state index contributed by atoms with van der Waals surface area (Å²) in [5.74, 6) is 0.510. The summed E-state index contributed by atoms with van der Waals surface area (Å²) in [7, 11) is 0. The summed E-state index contributed by atoms with van der Waals surface area (Å²) >= 11 is 0. The molecule has 0 unspecified atom stereocenters. The molecule has 154 valence electrons. The van der Waals surface area contributed by atoms with Crippen molar-refractivity contribution in [2.45, 2.75) is 20.8 Å². The fourth-order valence-electron chi connectivity index (χ4n) is 2.92. The SMILES string of the molecule is CCN(C(=O)COc1nc(-c2ccc([N+](=O)[O-])cc2)nc(C)c1C)c1ccccc1. The van der Waals surface area contributed by atoms with Crippen LogP contribution < -0.4 is 9.64 Å². The standard InChI is InChI=1S/C22H22N4O4/c1-4-25(18-8-6-5-7-9-18)20(27)14-30-22-15(2)16(3)23-21(24-22)17-10-12-19(13-11-17)26(28)29/h5-13H,4,14H2,1-3H3. The number of para-hydroxylation sites is 1. The number of amides is 1. The summed E-state index contributed by atoms with van der Waals surface area (Å²) in [5.41, 5.74) is 2.85. The number of benzene rings is 2. The van der Waals surface area contributed by atoms with Crippen LogP contribution in [-0.4, -0.2) is 34.0 Å². The average molecular weight is 406 g/mol. The van der Waals surface area contributed by atoms with Gasteiger partial charge in [-0.3, -0.25) is 14.9 Å². The minimum Gasteiger partial charge on any atom is -0.467 e. The van der Waals surface area contributed by atoms with Gasteiger partial charge < -0.3 is 9.64 Å². The molecule has 2 aromatic carbocycles. The molecule has 0 saturated heterocycles. The van der Waals surface area contributed by atoms with Crippen LogP contribution in [0.2, 0.25) is 0 Å². The van der Waals surface area contributed by atoms with Crippen LogP contribution in [0.4, 0.5) is 11.4 Å². The molecule has 0 fully saturated rings. The van der Waals surface area contributed by atoms with Gasteiger partial charge in [-0.2, -0.15) is 4.98 Å². The molecule has 0 aliphatic carbocycles. The molecule has 0 N–H and O–H groups in total. The second-order valence-corrected chi connectivity index (χ2v) is 6.63. The van der Waals surface area contributed by atoms with Gasteiger partial charge in [-0.1, -0.05) is 18.2 Å². The number of carbonyl (C=O) groups excluding carboxylic acids is 1. The Hall–Kier alpha value is -3.81. The molecule has 0 radical (unpaired) electrons. The summed E-state index contributed by atoms with van der Waals surface area (Å²) < 4.78 is 5.76. The molecule has 8 heteroatoms. The van der Waals surface area contributed by atoms with Gasteiger partial charge in [0.15, 0.2) is 12.4 Å². The highest BCUT2D eigenvalue weighted by Gasteiger charge is 2.17. The third kappa shape index (κ3) is 4.60. The number of hydrogen-bond donors (Lipinski definition) is 0. The zero-order valence-corrected chi connectivity index (χ0v) is 17.0. The lowest BCUT2D eigenvalue weighted by molar-refractivity contribution is -0.384. The van der Waals surface area contributed by atoms with E-state index in [4.69, 9.17) is 4.74 Å². The van der Waals surface area contributed by atoms with Gasteiger partial charge in [-0.15, -0.1) is 0 Å². The number of non-ortho nitro benzene ring substituents is 1. The molecule has 1 heterocycles. The maximum Gasteiger partial charge on any atom is 0.269 e. The lowest BCUT2D eigenvalue weighted by Crippen LogP contribution is -2.35. The van der Waals surface area contributed by atoms with Crippen molar-refractivity contribution in [3.05, 3.63) is 76.0 Å². The largest absolute Gasteiger partial charge is 0.467 e. The number of aryl methyl sites for hydroxylation is 1. The van der Waals surface area contributed by atoms with Crippen molar-refractivity contribution in [3.63, 3.8) is 0 Å². The van der Waals surface area contributed by atoms with Crippen molar-refractivity contribution in [2.24, 2.45) is 0 Å². The minimum atomic E-state index is -0.461. The van der Waals surface area contributed by atoms with E-state index in [0.717, 1.165) is 11.3 Å². The predicted octanol–water partition coefficient (Wildman–Crippen LogP) is 4.10. The van der Waals surface area contributed by atoms with E-state index in [2.05, 4.69) is 9.97 Å². The molecule has 30 heavy (non-hydrogen) atoms. The van der Waals surface area contributed by atoms with Crippen LogP contribution in [0.1, 0.15) is 18.2 Å². The van der Waals surface area contributed by atoms with Gasteiger partial charge >= 0.3 is 0 Å². The van der Waals surface area contributed by atoms with Gasteiger partial charge in [0.2, 0.25) is 5.88 Å². The van der Waals surface area contributed by atoms with Crippen molar-refractivity contribution in [2.75, 3.05) is 18.1 Å². The Bertz CT molecular complexity index is 1050. The third-order valence-electron chi connectivity index (χ3n) is 4.70. The zero-order valence-electron chi connectivity index (χ0n) is 17.0. The van der Waals surface area contributed by atoms with Crippen LogP contribution in [0.15, 0.2) is 54.6 Å². The van der Waals surface area contributed by atoms with Crippen molar-refractivity contribution >= 4 is 17.3 Å². The van der Waals surface area contributed by atoms with Crippen LogP contribution in [0.3, 0.4) is 0 Å². The van der Waals surface area contributed by atoms with Crippen LogP contribution in [0, 0.1) is 24.0 Å². The van der Waals surface area contributed by atoms with Crippen molar-refractivity contribution in [1.29, 1.82) is 0 Å². The fourth-order valence-corrected chi connectivity index (χ4v) is 2.92. The first kappa shape index (κ1) is 20.9. The number of likely N-dealkylation sites (N-methyl/N-ethyl adjacent to an activating group) is 1. The molecule has 8 nitrogen and oxygen atoms in total. The lowest BCUT2D eigenvalue weighted by Gasteiger charge is -2.21. The maximum atomic E-state index is 12.7. The third-order valence-corrected chi connectivity index (χ3v) is 4.70. The van der Waals surface area contributed by atoms with Gasteiger partial charge in [0, 0.05) is 41.2 Å². The van der Waals surface area contributed by atoms with E-state index < -0.39 is 4.92 Å². The highest BCUT2D eigenvalue weighted by Crippen LogP contribution is 2.25. The van der Waals surface area contributed by atoms with E-state index >= 15 is 0 Å². The van der Waals surface area contributed by atoms with Crippen molar-refractivity contribution < 1.29 is 14.5 Å². The highest BCUT2D eigenvalue weighted by atomic mass is 16.6. The minimum absolute atomic E-state index is 0.00905. The summed E-state index contributed by atoms with van der Waals surface area (Å²) in [6.45, 7) is 5.89. The molecule has 3 aromatic rings. The van der Waals surface area contributed by atoms with E-state index in [1.807, 2.05) is 51.1 Å². The van der Waals surface area contributed by atoms with E-state index in [1.165, 1.54) is 12.1 Å². The Morgan fingerprint density at radius 3 is 2.33 bits per heavy atom. The van der Waals surface area contributed by atoms with E-state index in [9.17, 15) is 14.9 Å². The second-order valence-electron chi connectivity index (χ2n) is 6.63. The zero-order chi connectivity index (χ0) is 21.7. The molecule has 0 aliphatic heterocycles. The fraction of sp³-hybridized carbons (Fsp3) is 0.227. The molecule has 0 aliphatic rings. The van der Waals surface area contributed by atoms with Crippen molar-refractivity contribution in [3.8, 4) is 17.3 Å². The van der Waals surface area contributed by atoms with Gasteiger partial charge in [-0.25, -0.2) is 4.98 Å². The van der Waals surface area contributed by atoms with Crippen LogP contribution in [-0.2, 0) is 4.79 Å². The number of hydrogen-bond acceptors (Lipinski definition) is 6. The van der Waals surface area contributed by atoms with Gasteiger partial charge in [0.25, 0.3) is 11.6 Å².